The van der Waals surface area contributed by atoms with E-state index in [0.29, 0.717) is 11.3 Å². The summed E-state index contributed by atoms with van der Waals surface area (Å²) in [5, 5.41) is 2.60. The van der Waals surface area contributed by atoms with Crippen LogP contribution in [-0.2, 0) is 10.3 Å². The Bertz CT molecular complexity index is 1090. The zero-order valence-electron chi connectivity index (χ0n) is 17.8. The highest BCUT2D eigenvalue weighted by atomic mass is 19.4. The largest absolute Gasteiger partial charge is 0.496 e. The molecule has 0 saturated carbocycles. The number of benzene rings is 1. The van der Waals surface area contributed by atoms with Gasteiger partial charge in [-0.1, -0.05) is 0 Å². The van der Waals surface area contributed by atoms with E-state index in [1.165, 1.54) is 32.4 Å². The van der Waals surface area contributed by atoms with E-state index in [4.69, 9.17) is 15.2 Å². The second kappa shape index (κ2) is 8.05. The fraction of sp³-hybridized carbons (Fsp3) is 0.381. The summed E-state index contributed by atoms with van der Waals surface area (Å²) in [6.07, 6.45) is -3.38. The van der Waals surface area contributed by atoms with E-state index in [2.05, 4.69) is 15.3 Å². The minimum Gasteiger partial charge on any atom is -0.496 e. The molecule has 3 N–H and O–H groups in total. The minimum atomic E-state index is -4.79. The van der Waals surface area contributed by atoms with Crippen molar-refractivity contribution in [1.29, 1.82) is 0 Å². The number of methoxy groups -OCH3 is 1. The molecule has 2 heterocycles. The topological polar surface area (TPSA) is 98.8 Å². The van der Waals surface area contributed by atoms with Crippen LogP contribution in [-0.4, -0.2) is 42.2 Å². The number of aliphatic imine (C=N–C) groups is 1. The minimum absolute atomic E-state index is 0.0854. The molecule has 7 nitrogen and oxygen atoms in total. The van der Waals surface area contributed by atoms with Gasteiger partial charge in [0, 0.05) is 23.0 Å². The van der Waals surface area contributed by atoms with Crippen LogP contribution in [0.3, 0.4) is 0 Å². The van der Waals surface area contributed by atoms with Gasteiger partial charge in [-0.3, -0.25) is 14.8 Å². The number of carbonyl (C=O) groups is 1. The number of aromatic nitrogens is 1. The molecule has 1 amide bonds. The summed E-state index contributed by atoms with van der Waals surface area (Å²) in [7, 11) is 1.46. The van der Waals surface area contributed by atoms with Gasteiger partial charge in [0.15, 0.2) is 0 Å². The summed E-state index contributed by atoms with van der Waals surface area (Å²) >= 11 is 0. The smallest absolute Gasteiger partial charge is 0.424 e. The molecule has 1 aliphatic heterocycles. The number of nitrogens with zero attached hydrogens (tertiary/aromatic N) is 2. The number of ether oxygens (including phenoxy) is 2. The molecule has 0 spiro atoms. The lowest BCUT2D eigenvalue weighted by molar-refractivity contribution is -0.249. The second-order valence-electron chi connectivity index (χ2n) is 7.73. The first-order valence-electron chi connectivity index (χ1n) is 9.50. The van der Waals surface area contributed by atoms with Gasteiger partial charge in [0.05, 0.1) is 13.7 Å². The molecule has 11 heteroatoms. The summed E-state index contributed by atoms with van der Waals surface area (Å²) < 4.78 is 64.9. The highest BCUT2D eigenvalue weighted by molar-refractivity contribution is 6.04. The lowest BCUT2D eigenvalue weighted by atomic mass is 9.89. The number of halogens is 4. The molecular weight excluding hydrogens is 432 g/mol. The number of amidine groups is 1. The van der Waals surface area contributed by atoms with Crippen molar-refractivity contribution in [3.8, 4) is 5.75 Å². The zero-order valence-corrected chi connectivity index (χ0v) is 17.8. The molecular formula is C21H22F4N4O3. The van der Waals surface area contributed by atoms with E-state index in [0.717, 1.165) is 13.0 Å². The van der Waals surface area contributed by atoms with Crippen LogP contribution in [0.2, 0.25) is 0 Å². The lowest BCUT2D eigenvalue weighted by Gasteiger charge is -2.41. The quantitative estimate of drug-likeness (QED) is 0.687. The Labute approximate surface area is 181 Å². The van der Waals surface area contributed by atoms with Crippen molar-refractivity contribution in [2.45, 2.75) is 38.1 Å². The Hall–Kier alpha value is -3.21. The molecule has 32 heavy (non-hydrogen) atoms. The van der Waals surface area contributed by atoms with Crippen molar-refractivity contribution in [1.82, 2.24) is 4.98 Å². The molecule has 2 aromatic rings. The zero-order chi connectivity index (χ0) is 23.9. The summed E-state index contributed by atoms with van der Waals surface area (Å²) in [6, 6.07) is 5.26. The SMILES string of the molecule is COc1ccnc(C(=O)Nc2ccc(F)c([C@]3(C)CO[C@@](C)(C(F)(F)F)C(N)=N3)c2)c1C. The van der Waals surface area contributed by atoms with Gasteiger partial charge < -0.3 is 20.5 Å². The van der Waals surface area contributed by atoms with Crippen molar-refractivity contribution >= 4 is 17.4 Å². The lowest BCUT2D eigenvalue weighted by Crippen LogP contribution is -2.60. The number of rotatable bonds is 4. The maximum absolute atomic E-state index is 14.6. The van der Waals surface area contributed by atoms with E-state index >= 15 is 0 Å². The van der Waals surface area contributed by atoms with Crippen LogP contribution in [0.5, 0.6) is 5.75 Å². The van der Waals surface area contributed by atoms with Gasteiger partial charge in [0.1, 0.15) is 28.6 Å². The maximum atomic E-state index is 14.6. The molecule has 0 aliphatic carbocycles. The molecule has 1 aromatic heterocycles. The highest BCUT2D eigenvalue weighted by Crippen LogP contribution is 2.41. The number of pyridine rings is 1. The molecule has 0 bridgehead atoms. The number of alkyl halides is 3. The van der Waals surface area contributed by atoms with Crippen LogP contribution in [0.25, 0.3) is 0 Å². The number of nitrogens with two attached hydrogens (primary N) is 1. The molecule has 0 unspecified atom stereocenters. The Kier molecular flexibility index (Phi) is 5.90. The third kappa shape index (κ3) is 3.99. The fourth-order valence-corrected chi connectivity index (χ4v) is 3.30. The van der Waals surface area contributed by atoms with Crippen molar-refractivity contribution in [3.63, 3.8) is 0 Å². The van der Waals surface area contributed by atoms with E-state index in [9.17, 15) is 22.4 Å². The molecule has 3 rings (SSSR count). The second-order valence-corrected chi connectivity index (χ2v) is 7.73. The Morgan fingerprint density at radius 2 is 1.97 bits per heavy atom. The summed E-state index contributed by atoms with van der Waals surface area (Å²) in [5.74, 6) is -1.66. The van der Waals surface area contributed by atoms with Gasteiger partial charge in [-0.15, -0.1) is 0 Å². The van der Waals surface area contributed by atoms with Gasteiger partial charge >= 0.3 is 6.18 Å². The predicted octanol–water partition coefficient (Wildman–Crippen LogP) is 3.71. The normalized spacial score (nSPS) is 23.4. The van der Waals surface area contributed by atoms with Gasteiger partial charge in [0.25, 0.3) is 5.91 Å². The van der Waals surface area contributed by atoms with E-state index < -0.39 is 41.5 Å². The van der Waals surface area contributed by atoms with Gasteiger partial charge in [-0.05, 0) is 45.0 Å². The van der Waals surface area contributed by atoms with Crippen LogP contribution in [0.1, 0.15) is 35.5 Å². The van der Waals surface area contributed by atoms with Gasteiger partial charge in [-0.2, -0.15) is 13.2 Å². The number of carbonyl (C=O) groups excluding carboxylic acids is 1. The number of amides is 1. The first kappa shape index (κ1) is 23.5. The molecule has 0 saturated heterocycles. The van der Waals surface area contributed by atoms with Crippen molar-refractivity contribution < 1.29 is 31.8 Å². The molecule has 0 fully saturated rings. The Morgan fingerprint density at radius 1 is 1.28 bits per heavy atom. The first-order valence-corrected chi connectivity index (χ1v) is 9.50. The monoisotopic (exact) mass is 454 g/mol. The maximum Gasteiger partial charge on any atom is 0.424 e. The molecule has 1 aliphatic rings. The predicted molar refractivity (Wildman–Crippen MR) is 109 cm³/mol. The van der Waals surface area contributed by atoms with E-state index in [1.807, 2.05) is 0 Å². The number of nitrogens with one attached hydrogen (secondary N) is 1. The third-order valence-electron chi connectivity index (χ3n) is 5.43. The summed E-state index contributed by atoms with van der Waals surface area (Å²) in [6.45, 7) is 3.25. The van der Waals surface area contributed by atoms with Crippen molar-refractivity contribution in [3.05, 3.63) is 53.1 Å². The number of hydrogen-bond acceptors (Lipinski definition) is 6. The third-order valence-corrected chi connectivity index (χ3v) is 5.43. The standard InChI is InChI=1S/C21H22F4N4O3/c1-11-15(31-4)7-8-27-16(11)17(30)28-12-5-6-14(22)13(9-12)19(2)10-32-20(3,18(26)29-19)21(23,24)25/h5-9H,10H2,1-4H3,(H2,26,29)(H,28,30)/t19-,20+/m0/s1. The van der Waals surface area contributed by atoms with Crippen LogP contribution >= 0.6 is 0 Å². The highest BCUT2D eigenvalue weighted by Gasteiger charge is 2.59. The van der Waals surface area contributed by atoms with Crippen LogP contribution < -0.4 is 15.8 Å². The number of hydrogen-bond donors (Lipinski definition) is 2. The molecule has 1 aromatic carbocycles. The van der Waals surface area contributed by atoms with Crippen molar-refractivity contribution in [2.24, 2.45) is 10.7 Å². The first-order chi connectivity index (χ1) is 14.8. The summed E-state index contributed by atoms with van der Waals surface area (Å²) in [5.41, 5.74) is 1.99. The van der Waals surface area contributed by atoms with Gasteiger partial charge in [0.2, 0.25) is 5.60 Å². The fourth-order valence-electron chi connectivity index (χ4n) is 3.30. The Balaban J connectivity index is 1.94. The number of anilines is 1. The van der Waals surface area contributed by atoms with E-state index in [1.54, 1.807) is 13.0 Å². The molecule has 0 radical (unpaired) electrons. The summed E-state index contributed by atoms with van der Waals surface area (Å²) in [4.78, 5) is 20.7. The molecule has 2 atom stereocenters. The average Bonchev–Trinajstić information content (AvgIpc) is 2.71. The van der Waals surface area contributed by atoms with Crippen LogP contribution in [0, 0.1) is 12.7 Å². The van der Waals surface area contributed by atoms with Crippen molar-refractivity contribution in [2.75, 3.05) is 19.0 Å². The van der Waals surface area contributed by atoms with E-state index in [-0.39, 0.29) is 16.9 Å². The Morgan fingerprint density at radius 3 is 2.56 bits per heavy atom. The average molecular weight is 454 g/mol. The van der Waals surface area contributed by atoms with Crippen LogP contribution in [0.4, 0.5) is 23.2 Å². The van der Waals surface area contributed by atoms with Gasteiger partial charge in [-0.25, -0.2) is 4.39 Å². The van der Waals surface area contributed by atoms with Crippen LogP contribution in [0.15, 0.2) is 35.5 Å². The molecule has 172 valence electrons.